The van der Waals surface area contributed by atoms with Crippen LogP contribution in [0.4, 0.5) is 24.5 Å². The van der Waals surface area contributed by atoms with E-state index in [1.54, 1.807) is 17.0 Å². The molecule has 1 N–H and O–H groups in total. The van der Waals surface area contributed by atoms with Crippen LogP contribution in [-0.2, 0) is 14.3 Å². The first-order chi connectivity index (χ1) is 12.6. The van der Waals surface area contributed by atoms with Crippen molar-refractivity contribution in [2.45, 2.75) is 44.7 Å². The number of amides is 2. The van der Waals surface area contributed by atoms with Gasteiger partial charge in [-0.15, -0.1) is 0 Å². The average molecular weight is 385 g/mol. The summed E-state index contributed by atoms with van der Waals surface area (Å²) in [7, 11) is 0. The zero-order valence-electron chi connectivity index (χ0n) is 15.1. The number of ether oxygens (including phenoxy) is 1. The molecule has 1 aromatic rings. The monoisotopic (exact) mass is 385 g/mol. The summed E-state index contributed by atoms with van der Waals surface area (Å²) in [6.45, 7) is 4.46. The molecule has 0 spiro atoms. The first kappa shape index (κ1) is 19.6. The minimum Gasteiger partial charge on any atom is -0.373 e. The smallest absolute Gasteiger partial charge is 0.373 e. The number of fused-ring (bicyclic) bond motifs is 1. The minimum atomic E-state index is -4.73. The molecular weight excluding hydrogens is 363 g/mol. The van der Waals surface area contributed by atoms with E-state index in [1.165, 1.54) is 12.1 Å². The van der Waals surface area contributed by atoms with Gasteiger partial charge in [0.1, 0.15) is 6.04 Å². The van der Waals surface area contributed by atoms with Crippen LogP contribution in [0, 0.1) is 0 Å². The Labute approximate surface area is 155 Å². The van der Waals surface area contributed by atoms with Gasteiger partial charge < -0.3 is 10.1 Å². The summed E-state index contributed by atoms with van der Waals surface area (Å²) < 4.78 is 46.7. The van der Waals surface area contributed by atoms with E-state index in [-0.39, 0.29) is 30.1 Å². The molecule has 27 heavy (non-hydrogen) atoms. The summed E-state index contributed by atoms with van der Waals surface area (Å²) in [5, 5.41) is 2.46. The van der Waals surface area contributed by atoms with E-state index in [2.05, 4.69) is 5.32 Å². The number of hydrogen-bond acceptors (Lipinski definition) is 4. The molecule has 1 fully saturated rings. The Hall–Kier alpha value is -2.13. The lowest BCUT2D eigenvalue weighted by molar-refractivity contribution is -0.158. The molecule has 1 saturated heterocycles. The van der Waals surface area contributed by atoms with Gasteiger partial charge in [-0.1, -0.05) is 12.1 Å². The topological polar surface area (TPSA) is 61.9 Å². The zero-order chi connectivity index (χ0) is 19.8. The van der Waals surface area contributed by atoms with Crippen molar-refractivity contribution in [3.05, 3.63) is 24.3 Å². The number of nitrogens with zero attached hydrogens (tertiary/aromatic N) is 2. The molecule has 0 aromatic heterocycles. The highest BCUT2D eigenvalue weighted by Gasteiger charge is 2.49. The number of anilines is 2. The molecule has 2 amide bonds. The Morgan fingerprint density at radius 3 is 2.48 bits per heavy atom. The SMILES string of the molecule is C[C@@H]1CN(CC(=O)N2c3ccccc3NC(=O)C[C@@H]2C(F)(F)F)C[C@@H](C)O1. The molecular formula is C18H22F3N3O3. The number of para-hydroxylation sites is 2. The zero-order valence-corrected chi connectivity index (χ0v) is 15.1. The lowest BCUT2D eigenvalue weighted by atomic mass is 10.1. The molecule has 2 aliphatic heterocycles. The van der Waals surface area contributed by atoms with Gasteiger partial charge in [-0.3, -0.25) is 19.4 Å². The Morgan fingerprint density at radius 2 is 1.85 bits per heavy atom. The van der Waals surface area contributed by atoms with Gasteiger partial charge in [0.2, 0.25) is 11.8 Å². The summed E-state index contributed by atoms with van der Waals surface area (Å²) in [6, 6.07) is 3.85. The summed E-state index contributed by atoms with van der Waals surface area (Å²) in [6.07, 6.45) is -5.78. The van der Waals surface area contributed by atoms with Crippen LogP contribution >= 0.6 is 0 Å². The predicted octanol–water partition coefficient (Wildman–Crippen LogP) is 2.40. The molecule has 6 nitrogen and oxygen atoms in total. The maximum atomic E-state index is 13.7. The quantitative estimate of drug-likeness (QED) is 0.849. The van der Waals surface area contributed by atoms with E-state index in [0.29, 0.717) is 13.1 Å². The molecule has 2 aliphatic rings. The van der Waals surface area contributed by atoms with E-state index < -0.39 is 30.5 Å². The highest BCUT2D eigenvalue weighted by atomic mass is 19.4. The van der Waals surface area contributed by atoms with Crippen molar-refractivity contribution in [2.75, 3.05) is 29.9 Å². The highest BCUT2D eigenvalue weighted by Crippen LogP contribution is 2.37. The molecule has 0 aliphatic carbocycles. The first-order valence-electron chi connectivity index (χ1n) is 8.80. The molecule has 1 aromatic carbocycles. The third-order valence-corrected chi connectivity index (χ3v) is 4.63. The fraction of sp³-hybridized carbons (Fsp3) is 0.556. The Kier molecular flexibility index (Phi) is 5.43. The van der Waals surface area contributed by atoms with Crippen LogP contribution in [0.25, 0.3) is 0 Å². The van der Waals surface area contributed by atoms with Crippen LogP contribution in [0.1, 0.15) is 20.3 Å². The Morgan fingerprint density at radius 1 is 1.22 bits per heavy atom. The number of morpholine rings is 1. The number of nitrogens with one attached hydrogen (secondary N) is 1. The summed E-state index contributed by atoms with van der Waals surface area (Å²) in [5.41, 5.74) is 0.261. The van der Waals surface area contributed by atoms with Gasteiger partial charge >= 0.3 is 6.18 Å². The van der Waals surface area contributed by atoms with Crippen LogP contribution in [0.15, 0.2) is 24.3 Å². The van der Waals surface area contributed by atoms with Gasteiger partial charge in [0, 0.05) is 13.1 Å². The highest BCUT2D eigenvalue weighted by molar-refractivity contribution is 6.05. The third-order valence-electron chi connectivity index (χ3n) is 4.63. The maximum Gasteiger partial charge on any atom is 0.409 e. The first-order valence-corrected chi connectivity index (χ1v) is 8.80. The molecule has 3 rings (SSSR count). The molecule has 0 unspecified atom stereocenters. The van der Waals surface area contributed by atoms with E-state index in [0.717, 1.165) is 4.90 Å². The molecule has 3 atom stereocenters. The summed E-state index contributed by atoms with van der Waals surface area (Å²) in [4.78, 5) is 27.4. The average Bonchev–Trinajstić information content (AvgIpc) is 2.69. The van der Waals surface area contributed by atoms with Crippen LogP contribution in [-0.4, -0.2) is 60.8 Å². The van der Waals surface area contributed by atoms with E-state index in [9.17, 15) is 22.8 Å². The second-order valence-corrected chi connectivity index (χ2v) is 7.04. The fourth-order valence-corrected chi connectivity index (χ4v) is 3.68. The van der Waals surface area contributed by atoms with Crippen molar-refractivity contribution in [3.8, 4) is 0 Å². The summed E-state index contributed by atoms with van der Waals surface area (Å²) in [5.74, 6) is -1.46. The third kappa shape index (κ3) is 4.41. The molecule has 0 bridgehead atoms. The standard InChI is InChI=1S/C18H22F3N3O3/c1-11-8-23(9-12(2)27-11)10-17(26)24-14-6-4-3-5-13(14)22-16(25)7-15(24)18(19,20)21/h3-6,11-12,15H,7-10H2,1-2H3,(H,22,25)/t11-,12-,15-/m1/s1. The van der Waals surface area contributed by atoms with E-state index in [4.69, 9.17) is 4.74 Å². The maximum absolute atomic E-state index is 13.7. The number of hydrogen-bond donors (Lipinski definition) is 1. The van der Waals surface area contributed by atoms with E-state index in [1.807, 2.05) is 13.8 Å². The van der Waals surface area contributed by atoms with Crippen molar-refractivity contribution in [1.82, 2.24) is 4.90 Å². The number of carbonyl (C=O) groups is 2. The van der Waals surface area contributed by atoms with Gasteiger partial charge in [-0.05, 0) is 26.0 Å². The number of benzene rings is 1. The van der Waals surface area contributed by atoms with E-state index >= 15 is 0 Å². The van der Waals surface area contributed by atoms with Gasteiger partial charge in [0.15, 0.2) is 0 Å². The van der Waals surface area contributed by atoms with Gasteiger partial charge in [-0.25, -0.2) is 0 Å². The normalized spacial score (nSPS) is 26.9. The molecule has 9 heteroatoms. The molecule has 148 valence electrons. The van der Waals surface area contributed by atoms with Crippen molar-refractivity contribution in [1.29, 1.82) is 0 Å². The second kappa shape index (κ2) is 7.47. The number of alkyl halides is 3. The lowest BCUT2D eigenvalue weighted by Crippen LogP contribution is -2.55. The predicted molar refractivity (Wildman–Crippen MR) is 93.5 cm³/mol. The number of rotatable bonds is 2. The van der Waals surface area contributed by atoms with Gasteiger partial charge in [0.25, 0.3) is 0 Å². The Bertz CT molecular complexity index is 715. The minimum absolute atomic E-state index is 0.0602. The summed E-state index contributed by atoms with van der Waals surface area (Å²) >= 11 is 0. The largest absolute Gasteiger partial charge is 0.409 e. The number of carbonyl (C=O) groups excluding carboxylic acids is 2. The van der Waals surface area contributed by atoms with Crippen LogP contribution < -0.4 is 10.2 Å². The van der Waals surface area contributed by atoms with Crippen molar-refractivity contribution >= 4 is 23.2 Å². The number of halogens is 3. The van der Waals surface area contributed by atoms with Crippen molar-refractivity contribution in [3.63, 3.8) is 0 Å². The van der Waals surface area contributed by atoms with Crippen LogP contribution in [0.5, 0.6) is 0 Å². The van der Waals surface area contributed by atoms with Gasteiger partial charge in [0.05, 0.1) is 36.5 Å². The van der Waals surface area contributed by atoms with Crippen molar-refractivity contribution < 1.29 is 27.5 Å². The van der Waals surface area contributed by atoms with Gasteiger partial charge in [-0.2, -0.15) is 13.2 Å². The molecule has 2 heterocycles. The fourth-order valence-electron chi connectivity index (χ4n) is 3.68. The van der Waals surface area contributed by atoms with Crippen LogP contribution in [0.2, 0.25) is 0 Å². The molecule has 0 radical (unpaired) electrons. The molecule has 0 saturated carbocycles. The Balaban J connectivity index is 1.93. The second-order valence-electron chi connectivity index (χ2n) is 7.04. The van der Waals surface area contributed by atoms with Crippen molar-refractivity contribution in [2.24, 2.45) is 0 Å². The lowest BCUT2D eigenvalue weighted by Gasteiger charge is -2.37. The van der Waals surface area contributed by atoms with Crippen LogP contribution in [0.3, 0.4) is 0 Å².